The maximum atomic E-state index is 11.0. The van der Waals surface area contributed by atoms with Crippen molar-refractivity contribution in [2.24, 2.45) is 0 Å². The number of phenolic OH excluding ortho intramolecular Hbond substituents is 2. The number of ketones is 1. The second-order valence-electron chi connectivity index (χ2n) is 5.13. The molecular weight excluding hydrogens is 204 g/mol. The lowest BCUT2D eigenvalue weighted by atomic mass is 9.85. The molecule has 1 aromatic carbocycles. The van der Waals surface area contributed by atoms with Crippen molar-refractivity contribution in [2.75, 3.05) is 0 Å². The van der Waals surface area contributed by atoms with Gasteiger partial charge in [0.25, 0.3) is 0 Å². The molecule has 2 N–H and O–H groups in total. The van der Waals surface area contributed by atoms with E-state index in [2.05, 4.69) is 0 Å². The highest BCUT2D eigenvalue weighted by Gasteiger charge is 2.18. The molecule has 0 atom stereocenters. The van der Waals surface area contributed by atoms with Gasteiger partial charge in [-0.1, -0.05) is 26.8 Å². The summed E-state index contributed by atoms with van der Waals surface area (Å²) in [5, 5.41) is 19.2. The normalized spacial score (nSPS) is 11.5. The lowest BCUT2D eigenvalue weighted by Crippen LogP contribution is -2.12. The van der Waals surface area contributed by atoms with Crippen LogP contribution in [0.15, 0.2) is 12.1 Å². The number of hydrogen-bond donors (Lipinski definition) is 2. The molecule has 3 heteroatoms. The molecule has 0 aromatic heterocycles. The summed E-state index contributed by atoms with van der Waals surface area (Å²) in [7, 11) is 0. The summed E-state index contributed by atoms with van der Waals surface area (Å²) in [5.74, 6) is -0.396. The van der Waals surface area contributed by atoms with Gasteiger partial charge < -0.3 is 10.2 Å². The fraction of sp³-hybridized carbons (Fsp3) is 0.462. The van der Waals surface area contributed by atoms with E-state index in [9.17, 15) is 15.0 Å². The highest BCUT2D eigenvalue weighted by molar-refractivity contribution is 5.79. The molecular formula is C13H18O3. The van der Waals surface area contributed by atoms with Gasteiger partial charge in [-0.15, -0.1) is 0 Å². The molecule has 0 bridgehead atoms. The summed E-state index contributed by atoms with van der Waals surface area (Å²) in [5.41, 5.74) is 1.26. The van der Waals surface area contributed by atoms with Crippen LogP contribution in [0.1, 0.15) is 38.8 Å². The zero-order valence-electron chi connectivity index (χ0n) is 10.2. The van der Waals surface area contributed by atoms with Crippen molar-refractivity contribution in [3.05, 3.63) is 23.3 Å². The molecule has 0 aliphatic heterocycles. The van der Waals surface area contributed by atoms with E-state index in [1.165, 1.54) is 6.92 Å². The van der Waals surface area contributed by atoms with Gasteiger partial charge in [-0.25, -0.2) is 0 Å². The van der Waals surface area contributed by atoms with Gasteiger partial charge in [-0.3, -0.25) is 4.79 Å². The summed E-state index contributed by atoms with van der Waals surface area (Å²) >= 11 is 0. The lowest BCUT2D eigenvalue weighted by molar-refractivity contribution is -0.116. The number of phenols is 2. The van der Waals surface area contributed by atoms with Gasteiger partial charge in [0.15, 0.2) is 11.5 Å². The highest BCUT2D eigenvalue weighted by Crippen LogP contribution is 2.35. The zero-order chi connectivity index (χ0) is 12.5. The van der Waals surface area contributed by atoms with Crippen LogP contribution in [0.2, 0.25) is 0 Å². The van der Waals surface area contributed by atoms with Crippen LogP contribution in [0.5, 0.6) is 11.5 Å². The van der Waals surface area contributed by atoms with Gasteiger partial charge >= 0.3 is 0 Å². The van der Waals surface area contributed by atoms with Gasteiger partial charge in [0.2, 0.25) is 0 Å². The largest absolute Gasteiger partial charge is 0.504 e. The Bertz CT molecular complexity index is 414. The minimum atomic E-state index is -0.191. The molecule has 0 heterocycles. The minimum Gasteiger partial charge on any atom is -0.504 e. The smallest absolute Gasteiger partial charge is 0.161 e. The molecule has 16 heavy (non-hydrogen) atoms. The molecule has 0 fully saturated rings. The van der Waals surface area contributed by atoms with Gasteiger partial charge in [-0.05, 0) is 24.0 Å². The first-order valence-corrected chi connectivity index (χ1v) is 5.26. The molecule has 0 amide bonds. The molecule has 0 unspecified atom stereocenters. The van der Waals surface area contributed by atoms with Gasteiger partial charge in [0.05, 0.1) is 0 Å². The first-order valence-electron chi connectivity index (χ1n) is 5.26. The topological polar surface area (TPSA) is 57.5 Å². The van der Waals surface area contributed by atoms with E-state index in [1.807, 2.05) is 20.8 Å². The molecule has 0 aliphatic rings. The Morgan fingerprint density at radius 2 is 1.81 bits per heavy atom. The summed E-state index contributed by atoms with van der Waals surface area (Å²) in [4.78, 5) is 11.0. The van der Waals surface area contributed by atoms with Crippen molar-refractivity contribution in [3.8, 4) is 11.5 Å². The van der Waals surface area contributed by atoms with Crippen molar-refractivity contribution in [2.45, 2.75) is 39.5 Å². The second-order valence-corrected chi connectivity index (χ2v) is 5.13. The van der Waals surface area contributed by atoms with Crippen LogP contribution in [0.25, 0.3) is 0 Å². The van der Waals surface area contributed by atoms with Crippen LogP contribution in [-0.2, 0) is 16.6 Å². The molecule has 1 rings (SSSR count). The number of rotatable bonds is 2. The Kier molecular flexibility index (Phi) is 3.27. The van der Waals surface area contributed by atoms with E-state index in [0.717, 1.165) is 5.56 Å². The number of aromatic hydroxyl groups is 2. The molecule has 0 radical (unpaired) electrons. The number of Topliss-reactive ketones (excluding diaryl/α,β-unsaturated/α-hetero) is 1. The minimum absolute atomic E-state index is 0.0410. The number of hydrogen-bond acceptors (Lipinski definition) is 3. The molecule has 0 saturated heterocycles. The Morgan fingerprint density at radius 1 is 1.25 bits per heavy atom. The molecule has 88 valence electrons. The van der Waals surface area contributed by atoms with E-state index < -0.39 is 0 Å². The molecule has 0 saturated carbocycles. The van der Waals surface area contributed by atoms with E-state index in [1.54, 1.807) is 12.1 Å². The van der Waals surface area contributed by atoms with Crippen LogP contribution in [0, 0.1) is 0 Å². The molecule has 0 aliphatic carbocycles. The average Bonchev–Trinajstić information content (AvgIpc) is 2.10. The lowest BCUT2D eigenvalue weighted by Gasteiger charge is -2.20. The van der Waals surface area contributed by atoms with Crippen LogP contribution in [0.4, 0.5) is 0 Å². The highest BCUT2D eigenvalue weighted by atomic mass is 16.3. The summed E-state index contributed by atoms with van der Waals surface area (Å²) in [6.07, 6.45) is 0.142. The predicted molar refractivity (Wildman–Crippen MR) is 62.9 cm³/mol. The quantitative estimate of drug-likeness (QED) is 0.756. The predicted octanol–water partition coefficient (Wildman–Crippen LogP) is 2.53. The Hall–Kier alpha value is -1.51. The fourth-order valence-electron chi connectivity index (χ4n) is 1.51. The van der Waals surface area contributed by atoms with E-state index >= 15 is 0 Å². The molecule has 1 aromatic rings. The first kappa shape index (κ1) is 12.6. The van der Waals surface area contributed by atoms with Crippen LogP contribution in [-0.4, -0.2) is 16.0 Å². The Morgan fingerprint density at radius 3 is 2.25 bits per heavy atom. The number of carbonyl (C=O) groups excluding carboxylic acids is 1. The van der Waals surface area contributed by atoms with Crippen molar-refractivity contribution in [1.82, 2.24) is 0 Å². The Balaban J connectivity index is 3.27. The van der Waals surface area contributed by atoms with E-state index in [-0.39, 0.29) is 29.1 Å². The van der Waals surface area contributed by atoms with E-state index in [4.69, 9.17) is 0 Å². The molecule has 3 nitrogen and oxygen atoms in total. The number of benzene rings is 1. The van der Waals surface area contributed by atoms with Crippen LogP contribution in [0.3, 0.4) is 0 Å². The van der Waals surface area contributed by atoms with Crippen molar-refractivity contribution in [1.29, 1.82) is 0 Å². The first-order chi connectivity index (χ1) is 7.21. The standard InChI is InChI=1S/C13H18O3/c1-8(14)5-9-6-10(13(2,3)4)7-11(15)12(9)16/h6-7,15-16H,5H2,1-4H3. The van der Waals surface area contributed by atoms with E-state index in [0.29, 0.717) is 5.56 Å². The maximum absolute atomic E-state index is 11.0. The zero-order valence-corrected chi connectivity index (χ0v) is 10.2. The Labute approximate surface area is 95.7 Å². The van der Waals surface area contributed by atoms with Crippen LogP contribution >= 0.6 is 0 Å². The second kappa shape index (κ2) is 4.16. The van der Waals surface area contributed by atoms with Crippen molar-refractivity contribution >= 4 is 5.78 Å². The number of carbonyl (C=O) groups is 1. The van der Waals surface area contributed by atoms with Crippen LogP contribution < -0.4 is 0 Å². The van der Waals surface area contributed by atoms with Gasteiger partial charge in [0, 0.05) is 12.0 Å². The fourth-order valence-corrected chi connectivity index (χ4v) is 1.51. The van der Waals surface area contributed by atoms with Crippen molar-refractivity contribution < 1.29 is 15.0 Å². The maximum Gasteiger partial charge on any atom is 0.161 e. The third-order valence-electron chi connectivity index (χ3n) is 2.47. The monoisotopic (exact) mass is 222 g/mol. The SMILES string of the molecule is CC(=O)Cc1cc(C(C)(C)C)cc(O)c1O. The van der Waals surface area contributed by atoms with Crippen molar-refractivity contribution in [3.63, 3.8) is 0 Å². The summed E-state index contributed by atoms with van der Waals surface area (Å²) in [6, 6.07) is 3.31. The third-order valence-corrected chi connectivity index (χ3v) is 2.47. The molecule has 0 spiro atoms. The van der Waals surface area contributed by atoms with Gasteiger partial charge in [-0.2, -0.15) is 0 Å². The third kappa shape index (κ3) is 2.75. The van der Waals surface area contributed by atoms with Gasteiger partial charge in [0.1, 0.15) is 5.78 Å². The average molecular weight is 222 g/mol. The summed E-state index contributed by atoms with van der Waals surface area (Å²) < 4.78 is 0. The summed E-state index contributed by atoms with van der Waals surface area (Å²) in [6.45, 7) is 7.49.